The lowest BCUT2D eigenvalue weighted by Gasteiger charge is -2.08. The van der Waals surface area contributed by atoms with E-state index >= 15 is 0 Å². The molecule has 90 valence electrons. The second-order valence-corrected chi connectivity index (χ2v) is 5.98. The van der Waals surface area contributed by atoms with Crippen LogP contribution in [0.15, 0.2) is 39.0 Å². The molecule has 0 aliphatic carbocycles. The van der Waals surface area contributed by atoms with Crippen LogP contribution in [0.5, 0.6) is 0 Å². The molecule has 2 rings (SSSR count). The molecule has 0 aliphatic heterocycles. The first-order valence-electron chi connectivity index (χ1n) is 5.56. The number of hydrogen-bond donors (Lipinski definition) is 1. The van der Waals surface area contributed by atoms with Crippen molar-refractivity contribution in [2.45, 2.75) is 35.0 Å². The van der Waals surface area contributed by atoms with Crippen LogP contribution in [0, 0.1) is 0 Å². The largest absolute Gasteiger partial charge is 0.327 e. The molecule has 5 heteroatoms. The summed E-state index contributed by atoms with van der Waals surface area (Å²) in [6.07, 6.45) is 1.96. The molecule has 3 nitrogen and oxygen atoms in total. The molecule has 0 amide bonds. The zero-order valence-electron chi connectivity index (χ0n) is 9.67. The Labute approximate surface area is 109 Å². The predicted octanol–water partition coefficient (Wildman–Crippen LogP) is 2.97. The van der Waals surface area contributed by atoms with E-state index in [1.165, 1.54) is 10.5 Å². The quantitative estimate of drug-likeness (QED) is 0.903. The fourth-order valence-corrected chi connectivity index (χ4v) is 2.90. The molecule has 0 aliphatic rings. The highest BCUT2D eigenvalue weighted by Crippen LogP contribution is 2.28. The van der Waals surface area contributed by atoms with E-state index in [2.05, 4.69) is 41.4 Å². The van der Waals surface area contributed by atoms with E-state index in [0.717, 1.165) is 17.2 Å². The van der Waals surface area contributed by atoms with E-state index in [1.54, 1.807) is 28.6 Å². The standard InChI is InChI=1S/C12H15N3S2/c1-2-10(13)7-9-3-5-11(6-4-9)17-12-15-14-8-16-12/h3-6,8,10H,2,7,13H2,1H3. The van der Waals surface area contributed by atoms with Crippen LogP contribution in [0.3, 0.4) is 0 Å². The van der Waals surface area contributed by atoms with Gasteiger partial charge in [0, 0.05) is 10.9 Å². The minimum Gasteiger partial charge on any atom is -0.327 e. The minimum atomic E-state index is 0.261. The zero-order valence-corrected chi connectivity index (χ0v) is 11.3. The van der Waals surface area contributed by atoms with Crippen molar-refractivity contribution in [2.75, 3.05) is 0 Å². The molecule has 1 aromatic carbocycles. The Bertz CT molecular complexity index is 439. The minimum absolute atomic E-state index is 0.261. The molecule has 1 unspecified atom stereocenters. The van der Waals surface area contributed by atoms with Crippen LogP contribution in [0.25, 0.3) is 0 Å². The summed E-state index contributed by atoms with van der Waals surface area (Å²) in [7, 11) is 0. The predicted molar refractivity (Wildman–Crippen MR) is 72.4 cm³/mol. The van der Waals surface area contributed by atoms with Crippen molar-refractivity contribution in [1.82, 2.24) is 10.2 Å². The van der Waals surface area contributed by atoms with Gasteiger partial charge in [-0.1, -0.05) is 42.2 Å². The molecule has 0 saturated carbocycles. The van der Waals surface area contributed by atoms with Gasteiger partial charge in [0.25, 0.3) is 0 Å². The molecule has 0 spiro atoms. The number of hydrogen-bond acceptors (Lipinski definition) is 5. The van der Waals surface area contributed by atoms with Gasteiger partial charge in [0.1, 0.15) is 5.51 Å². The van der Waals surface area contributed by atoms with Gasteiger partial charge in [0.05, 0.1) is 0 Å². The summed E-state index contributed by atoms with van der Waals surface area (Å²) < 4.78 is 0.975. The molecule has 1 heterocycles. The maximum absolute atomic E-state index is 5.93. The smallest absolute Gasteiger partial charge is 0.178 e. The summed E-state index contributed by atoms with van der Waals surface area (Å²) in [4.78, 5) is 1.19. The van der Waals surface area contributed by atoms with Crippen molar-refractivity contribution >= 4 is 23.1 Å². The van der Waals surface area contributed by atoms with Crippen LogP contribution >= 0.6 is 23.1 Å². The Balaban J connectivity index is 1.98. The average molecular weight is 265 g/mol. The van der Waals surface area contributed by atoms with Gasteiger partial charge in [-0.25, -0.2) is 0 Å². The highest BCUT2D eigenvalue weighted by molar-refractivity contribution is 8.01. The second kappa shape index (κ2) is 6.14. The molecular weight excluding hydrogens is 250 g/mol. The number of benzene rings is 1. The summed E-state index contributed by atoms with van der Waals surface area (Å²) in [6, 6.07) is 8.77. The van der Waals surface area contributed by atoms with Crippen molar-refractivity contribution in [2.24, 2.45) is 5.73 Å². The first kappa shape index (κ1) is 12.5. The van der Waals surface area contributed by atoms with Crippen molar-refractivity contribution in [1.29, 1.82) is 0 Å². The van der Waals surface area contributed by atoms with Crippen molar-refractivity contribution < 1.29 is 0 Å². The van der Waals surface area contributed by atoms with Crippen LogP contribution in [0.2, 0.25) is 0 Å². The molecule has 2 aromatic rings. The first-order valence-corrected chi connectivity index (χ1v) is 7.26. The highest BCUT2D eigenvalue weighted by atomic mass is 32.2. The third-order valence-electron chi connectivity index (χ3n) is 2.49. The van der Waals surface area contributed by atoms with Crippen molar-refractivity contribution in [3.63, 3.8) is 0 Å². The van der Waals surface area contributed by atoms with E-state index in [4.69, 9.17) is 5.73 Å². The van der Waals surface area contributed by atoms with Gasteiger partial charge in [-0.2, -0.15) is 0 Å². The lowest BCUT2D eigenvalue weighted by atomic mass is 10.1. The number of nitrogens with zero attached hydrogens (tertiary/aromatic N) is 2. The lowest BCUT2D eigenvalue weighted by molar-refractivity contribution is 0.646. The highest BCUT2D eigenvalue weighted by Gasteiger charge is 2.03. The van der Waals surface area contributed by atoms with Crippen LogP contribution in [-0.4, -0.2) is 16.2 Å². The van der Waals surface area contributed by atoms with Gasteiger partial charge >= 0.3 is 0 Å². The Hall–Kier alpha value is -0.910. The molecule has 0 radical (unpaired) electrons. The number of aromatic nitrogens is 2. The number of nitrogens with two attached hydrogens (primary N) is 1. The fourth-order valence-electron chi connectivity index (χ4n) is 1.45. The van der Waals surface area contributed by atoms with Gasteiger partial charge < -0.3 is 5.73 Å². The normalized spacial score (nSPS) is 12.6. The van der Waals surface area contributed by atoms with Gasteiger partial charge in [-0.3, -0.25) is 0 Å². The van der Waals surface area contributed by atoms with Gasteiger partial charge in [-0.15, -0.1) is 10.2 Å². The molecule has 1 aromatic heterocycles. The lowest BCUT2D eigenvalue weighted by Crippen LogP contribution is -2.21. The monoisotopic (exact) mass is 265 g/mol. The van der Waals surface area contributed by atoms with Crippen LogP contribution in [0.4, 0.5) is 0 Å². The average Bonchev–Trinajstić information content (AvgIpc) is 2.84. The number of rotatable bonds is 5. The Morgan fingerprint density at radius 2 is 2.12 bits per heavy atom. The Kier molecular flexibility index (Phi) is 4.53. The summed E-state index contributed by atoms with van der Waals surface area (Å²) in [6.45, 7) is 2.12. The third-order valence-corrected chi connectivity index (χ3v) is 4.28. The Morgan fingerprint density at radius 1 is 1.35 bits per heavy atom. The third kappa shape index (κ3) is 3.80. The summed E-state index contributed by atoms with van der Waals surface area (Å²) in [5, 5.41) is 7.82. The van der Waals surface area contributed by atoms with Crippen molar-refractivity contribution in [3.05, 3.63) is 35.3 Å². The second-order valence-electron chi connectivity index (χ2n) is 3.82. The molecule has 0 fully saturated rings. The Morgan fingerprint density at radius 3 is 2.71 bits per heavy atom. The molecule has 17 heavy (non-hydrogen) atoms. The van der Waals surface area contributed by atoms with Crippen molar-refractivity contribution in [3.8, 4) is 0 Å². The van der Waals surface area contributed by atoms with Gasteiger partial charge in [-0.05, 0) is 30.5 Å². The van der Waals surface area contributed by atoms with E-state index in [-0.39, 0.29) is 6.04 Å². The molecule has 0 saturated heterocycles. The SMILES string of the molecule is CCC(N)Cc1ccc(Sc2nncs2)cc1. The van der Waals surface area contributed by atoms with Crippen LogP contribution in [-0.2, 0) is 6.42 Å². The van der Waals surface area contributed by atoms with Crippen LogP contribution < -0.4 is 5.73 Å². The summed E-state index contributed by atoms with van der Waals surface area (Å²) >= 11 is 3.20. The summed E-state index contributed by atoms with van der Waals surface area (Å²) in [5.41, 5.74) is 8.97. The van der Waals surface area contributed by atoms with E-state index in [1.807, 2.05) is 0 Å². The van der Waals surface area contributed by atoms with Crippen LogP contribution in [0.1, 0.15) is 18.9 Å². The maximum Gasteiger partial charge on any atom is 0.178 e. The topological polar surface area (TPSA) is 51.8 Å². The molecular formula is C12H15N3S2. The zero-order chi connectivity index (χ0) is 12.1. The molecule has 1 atom stereocenters. The fraction of sp³-hybridized carbons (Fsp3) is 0.333. The maximum atomic E-state index is 5.93. The van der Waals surface area contributed by atoms with Gasteiger partial charge in [0.15, 0.2) is 4.34 Å². The van der Waals surface area contributed by atoms with E-state index in [9.17, 15) is 0 Å². The first-order chi connectivity index (χ1) is 8.28. The summed E-state index contributed by atoms with van der Waals surface area (Å²) in [5.74, 6) is 0. The van der Waals surface area contributed by atoms with E-state index in [0.29, 0.717) is 0 Å². The van der Waals surface area contributed by atoms with E-state index < -0.39 is 0 Å². The molecule has 0 bridgehead atoms. The van der Waals surface area contributed by atoms with Gasteiger partial charge in [0.2, 0.25) is 0 Å². The molecule has 2 N–H and O–H groups in total.